The molecule has 1 heterocycles. The molecule has 7 heteroatoms. The Balaban J connectivity index is 2.87. The summed E-state index contributed by atoms with van der Waals surface area (Å²) in [7, 11) is 0. The zero-order valence-electron chi connectivity index (χ0n) is 6.42. The summed E-state index contributed by atoms with van der Waals surface area (Å²) >= 11 is 5.37. The average molecular weight is 205 g/mol. The zero-order chi connectivity index (χ0) is 9.84. The lowest BCUT2D eigenvalue weighted by Crippen LogP contribution is -2.23. The summed E-state index contributed by atoms with van der Waals surface area (Å²) in [6.45, 7) is -0.249. The average Bonchev–Trinajstić information content (AvgIpc) is 2.11. The van der Waals surface area contributed by atoms with E-state index < -0.39 is 11.7 Å². The first kappa shape index (κ1) is 9.82. The van der Waals surface area contributed by atoms with Crippen molar-refractivity contribution in [2.75, 3.05) is 11.9 Å². The van der Waals surface area contributed by atoms with Gasteiger partial charge < -0.3 is 11.1 Å². The molecule has 0 atom stereocenters. The minimum atomic E-state index is -0.758. The van der Waals surface area contributed by atoms with E-state index in [-0.39, 0.29) is 17.6 Å². The molecule has 1 aromatic heterocycles. The van der Waals surface area contributed by atoms with Gasteiger partial charge >= 0.3 is 0 Å². The molecule has 0 radical (unpaired) electrons. The molecule has 0 saturated carbocycles. The van der Waals surface area contributed by atoms with Gasteiger partial charge in [-0.05, 0) is 11.6 Å². The second-order valence-electron chi connectivity index (χ2n) is 2.09. The number of carbonyl (C=O) groups excluding carboxylic acids is 1. The van der Waals surface area contributed by atoms with Crippen molar-refractivity contribution in [3.05, 3.63) is 17.3 Å². The van der Waals surface area contributed by atoms with Gasteiger partial charge in [-0.2, -0.15) is 4.98 Å². The van der Waals surface area contributed by atoms with E-state index >= 15 is 0 Å². The third-order valence-corrected chi connectivity index (χ3v) is 1.34. The molecule has 1 aromatic rings. The highest BCUT2D eigenvalue weighted by Crippen LogP contribution is 2.11. The third-order valence-electron chi connectivity index (χ3n) is 1.16. The van der Waals surface area contributed by atoms with Gasteiger partial charge in [0.2, 0.25) is 11.2 Å². The number of nitrogens with one attached hydrogen (secondary N) is 1. The lowest BCUT2D eigenvalue weighted by atomic mass is 10.5. The molecular formula is C6H6ClFN4O. The van der Waals surface area contributed by atoms with Crippen molar-refractivity contribution in [1.29, 1.82) is 0 Å². The van der Waals surface area contributed by atoms with Crippen LogP contribution in [0, 0.1) is 5.82 Å². The maximum absolute atomic E-state index is 12.8. The molecule has 1 rings (SSSR count). The topological polar surface area (TPSA) is 80.9 Å². The van der Waals surface area contributed by atoms with Crippen molar-refractivity contribution >= 4 is 23.3 Å². The quantitative estimate of drug-likeness (QED) is 0.673. The summed E-state index contributed by atoms with van der Waals surface area (Å²) in [5.41, 5.74) is 5.00. The minimum absolute atomic E-state index is 0.145. The molecule has 0 aromatic carbocycles. The van der Waals surface area contributed by atoms with Crippen molar-refractivity contribution in [2.45, 2.75) is 0 Å². The van der Waals surface area contributed by atoms with E-state index in [4.69, 9.17) is 17.3 Å². The number of nitrogens with two attached hydrogens (primary N) is 1. The van der Waals surface area contributed by atoms with Crippen molar-refractivity contribution in [2.24, 2.45) is 5.73 Å². The molecule has 0 fully saturated rings. The van der Waals surface area contributed by atoms with Gasteiger partial charge in [0.25, 0.3) is 0 Å². The minimum Gasteiger partial charge on any atom is -0.322 e. The predicted molar refractivity (Wildman–Crippen MR) is 44.7 cm³/mol. The van der Waals surface area contributed by atoms with E-state index in [0.29, 0.717) is 0 Å². The van der Waals surface area contributed by atoms with Gasteiger partial charge in [0.05, 0.1) is 12.7 Å². The van der Waals surface area contributed by atoms with Gasteiger partial charge in [0.15, 0.2) is 11.6 Å². The number of anilines is 1. The Bertz CT molecular complexity index is 332. The standard InChI is InChI=1S/C6H6ClFN4O/c7-6-10-2-3(8)5(12-6)11-4(13)1-9/h2H,1,9H2,(H,10,11,12,13). The number of amides is 1. The van der Waals surface area contributed by atoms with Crippen LogP contribution in [0.3, 0.4) is 0 Å². The molecule has 0 aliphatic heterocycles. The van der Waals surface area contributed by atoms with Crippen LogP contribution in [-0.4, -0.2) is 22.4 Å². The number of nitrogens with zero attached hydrogens (tertiary/aromatic N) is 2. The Hall–Kier alpha value is -1.27. The Morgan fingerprint density at radius 3 is 3.08 bits per heavy atom. The predicted octanol–water partition coefficient (Wildman–Crippen LogP) is 0.166. The van der Waals surface area contributed by atoms with Gasteiger partial charge in [-0.25, -0.2) is 9.37 Å². The van der Waals surface area contributed by atoms with Crippen LogP contribution in [-0.2, 0) is 4.79 Å². The number of hydrogen-bond acceptors (Lipinski definition) is 4. The largest absolute Gasteiger partial charge is 0.322 e. The summed E-state index contributed by atoms with van der Waals surface area (Å²) in [6.07, 6.45) is 0.863. The summed E-state index contributed by atoms with van der Waals surface area (Å²) < 4.78 is 12.8. The van der Waals surface area contributed by atoms with E-state index in [9.17, 15) is 9.18 Å². The fourth-order valence-corrected chi connectivity index (χ4v) is 0.750. The molecule has 5 nitrogen and oxygen atoms in total. The van der Waals surface area contributed by atoms with E-state index in [0.717, 1.165) is 6.20 Å². The molecule has 0 aliphatic carbocycles. The molecule has 3 N–H and O–H groups in total. The lowest BCUT2D eigenvalue weighted by molar-refractivity contribution is -0.114. The molecule has 70 valence electrons. The second-order valence-corrected chi connectivity index (χ2v) is 2.43. The highest BCUT2D eigenvalue weighted by atomic mass is 35.5. The first-order valence-corrected chi connectivity index (χ1v) is 3.69. The molecule has 0 bridgehead atoms. The van der Waals surface area contributed by atoms with Crippen LogP contribution < -0.4 is 11.1 Å². The summed E-state index contributed by atoms with van der Waals surface area (Å²) in [5.74, 6) is -1.57. The summed E-state index contributed by atoms with van der Waals surface area (Å²) in [6, 6.07) is 0. The van der Waals surface area contributed by atoms with Crippen LogP contribution in [0.5, 0.6) is 0 Å². The van der Waals surface area contributed by atoms with E-state index in [1.807, 2.05) is 0 Å². The Kier molecular flexibility index (Phi) is 3.10. The smallest absolute Gasteiger partial charge is 0.239 e. The maximum atomic E-state index is 12.8. The van der Waals surface area contributed by atoms with Crippen LogP contribution in [0.4, 0.5) is 10.2 Å². The van der Waals surface area contributed by atoms with E-state index in [1.54, 1.807) is 0 Å². The number of halogens is 2. The molecule has 0 spiro atoms. The highest BCUT2D eigenvalue weighted by Gasteiger charge is 2.07. The third kappa shape index (κ3) is 2.60. The van der Waals surface area contributed by atoms with E-state index in [1.165, 1.54) is 0 Å². The molecule has 1 amide bonds. The highest BCUT2D eigenvalue weighted by molar-refractivity contribution is 6.28. The maximum Gasteiger partial charge on any atom is 0.239 e. The second kappa shape index (κ2) is 4.11. The van der Waals surface area contributed by atoms with Crippen LogP contribution in [0.1, 0.15) is 0 Å². The molecule has 13 heavy (non-hydrogen) atoms. The lowest BCUT2D eigenvalue weighted by Gasteiger charge is -2.02. The zero-order valence-corrected chi connectivity index (χ0v) is 7.18. The Morgan fingerprint density at radius 1 is 1.77 bits per heavy atom. The van der Waals surface area contributed by atoms with Crippen LogP contribution in [0.15, 0.2) is 6.20 Å². The van der Waals surface area contributed by atoms with Crippen LogP contribution >= 0.6 is 11.6 Å². The number of hydrogen-bond donors (Lipinski definition) is 2. The Morgan fingerprint density at radius 2 is 2.46 bits per heavy atom. The SMILES string of the molecule is NCC(=O)Nc1nc(Cl)ncc1F. The summed E-state index contributed by atoms with van der Waals surface area (Å²) in [5, 5.41) is 1.98. The first-order valence-electron chi connectivity index (χ1n) is 3.31. The Labute approximate surface area is 78.1 Å². The van der Waals surface area contributed by atoms with E-state index in [2.05, 4.69) is 15.3 Å². The molecule has 0 aliphatic rings. The van der Waals surface area contributed by atoms with Crippen molar-refractivity contribution in [3.63, 3.8) is 0 Å². The van der Waals surface area contributed by atoms with Gasteiger partial charge in [-0.1, -0.05) is 0 Å². The molecular weight excluding hydrogens is 199 g/mol. The van der Waals surface area contributed by atoms with Crippen molar-refractivity contribution in [1.82, 2.24) is 9.97 Å². The normalized spacial score (nSPS) is 9.77. The number of carbonyl (C=O) groups is 1. The monoisotopic (exact) mass is 204 g/mol. The molecule has 0 unspecified atom stereocenters. The van der Waals surface area contributed by atoms with Gasteiger partial charge in [0.1, 0.15) is 0 Å². The number of rotatable bonds is 2. The van der Waals surface area contributed by atoms with Crippen LogP contribution in [0.2, 0.25) is 5.28 Å². The first-order chi connectivity index (χ1) is 6.13. The fourth-order valence-electron chi connectivity index (χ4n) is 0.616. The van der Waals surface area contributed by atoms with Crippen LogP contribution in [0.25, 0.3) is 0 Å². The van der Waals surface area contributed by atoms with Gasteiger partial charge in [-0.3, -0.25) is 4.79 Å². The van der Waals surface area contributed by atoms with Gasteiger partial charge in [-0.15, -0.1) is 0 Å². The molecule has 0 saturated heterocycles. The fraction of sp³-hybridized carbons (Fsp3) is 0.167. The van der Waals surface area contributed by atoms with Crippen molar-refractivity contribution in [3.8, 4) is 0 Å². The summed E-state index contributed by atoms with van der Waals surface area (Å²) in [4.78, 5) is 17.6. The van der Waals surface area contributed by atoms with Crippen molar-refractivity contribution < 1.29 is 9.18 Å². The number of aromatic nitrogens is 2. The van der Waals surface area contributed by atoms with Gasteiger partial charge in [0, 0.05) is 0 Å².